The number of nitrogens with two attached hydrogens (primary N) is 1. The van der Waals surface area contributed by atoms with E-state index < -0.39 is 0 Å². The second-order valence-corrected chi connectivity index (χ2v) is 4.25. The van der Waals surface area contributed by atoms with Crippen molar-refractivity contribution in [3.05, 3.63) is 0 Å². The molecule has 0 amide bonds. The fourth-order valence-corrected chi connectivity index (χ4v) is 0. The van der Waals surface area contributed by atoms with E-state index in [-0.39, 0.29) is 40.5 Å². The molecule has 0 saturated heterocycles. The van der Waals surface area contributed by atoms with Crippen LogP contribution < -0.4 is 5.73 Å². The molecule has 0 aromatic heterocycles. The molecule has 0 saturated carbocycles. The van der Waals surface area contributed by atoms with Gasteiger partial charge in [-0.3, -0.25) is 0 Å². The molecular formula is C3H10NNaS2. The number of hydrogen-bond donors (Lipinski definition) is 2. The van der Waals surface area contributed by atoms with Crippen LogP contribution in [0.25, 0.3) is 0 Å². The Hall–Kier alpha value is 1.24. The molecule has 0 aliphatic rings. The zero-order valence-corrected chi connectivity index (χ0v) is 5.64. The van der Waals surface area contributed by atoms with Gasteiger partial charge in [-0.25, -0.2) is 10.9 Å². The van der Waals surface area contributed by atoms with Crippen molar-refractivity contribution in [1.82, 2.24) is 0 Å². The van der Waals surface area contributed by atoms with Crippen LogP contribution in [0.3, 0.4) is 0 Å². The summed E-state index contributed by atoms with van der Waals surface area (Å²) >= 11 is 4.63. The Bertz CT molecular complexity index is 64.0. The zero-order valence-electron chi connectivity index (χ0n) is 3.93. The van der Waals surface area contributed by atoms with Crippen LogP contribution in [0.2, 0.25) is 0 Å². The SMILES string of the molecule is C[SH](C)C(N)=S.[NaH]. The average Bonchev–Trinajstić information content (AvgIpc) is 1.36. The molecule has 0 atom stereocenters. The molecule has 0 bridgehead atoms. The van der Waals surface area contributed by atoms with Gasteiger partial charge in [-0.1, -0.05) is 12.2 Å². The first-order chi connectivity index (χ1) is 2.64. The maximum atomic E-state index is 5.20. The van der Waals surface area contributed by atoms with E-state index in [1.807, 2.05) is 12.5 Å². The monoisotopic (exact) mass is 147 g/mol. The molecule has 0 aromatic carbocycles. The second-order valence-electron chi connectivity index (χ2n) is 1.23. The minimum atomic E-state index is -0.150. The van der Waals surface area contributed by atoms with Gasteiger partial charge in [-0.15, -0.1) is 0 Å². The first-order valence-electron chi connectivity index (χ1n) is 1.61. The molecular weight excluding hydrogens is 137 g/mol. The molecule has 2 N–H and O–H groups in total. The molecule has 0 rings (SSSR count). The summed E-state index contributed by atoms with van der Waals surface area (Å²) in [4.78, 5) is 0. The predicted octanol–water partition coefficient (Wildman–Crippen LogP) is -0.158. The molecule has 1 nitrogen and oxygen atoms in total. The molecule has 0 aromatic rings. The molecule has 0 unspecified atom stereocenters. The van der Waals surface area contributed by atoms with E-state index in [1.165, 1.54) is 0 Å². The summed E-state index contributed by atoms with van der Waals surface area (Å²) < 4.78 is 0.657. The third-order valence-corrected chi connectivity index (χ3v) is 2.42. The Morgan fingerprint density at radius 1 is 1.57 bits per heavy atom. The van der Waals surface area contributed by atoms with Gasteiger partial charge in [0.2, 0.25) is 0 Å². The van der Waals surface area contributed by atoms with Gasteiger partial charge in [-0.05, 0) is 12.5 Å². The fourth-order valence-electron chi connectivity index (χ4n) is 0. The van der Waals surface area contributed by atoms with Crippen molar-refractivity contribution in [3.8, 4) is 0 Å². The molecule has 0 heterocycles. The second kappa shape index (κ2) is 5.38. The van der Waals surface area contributed by atoms with E-state index in [9.17, 15) is 0 Å². The van der Waals surface area contributed by atoms with Crippen molar-refractivity contribution in [2.45, 2.75) is 0 Å². The maximum absolute atomic E-state index is 5.20. The Morgan fingerprint density at radius 2 is 1.71 bits per heavy atom. The average molecular weight is 147 g/mol. The van der Waals surface area contributed by atoms with Gasteiger partial charge in [0.05, 0.1) is 0 Å². The van der Waals surface area contributed by atoms with Crippen LogP contribution in [0.5, 0.6) is 0 Å². The van der Waals surface area contributed by atoms with Crippen LogP contribution in [0.1, 0.15) is 0 Å². The summed E-state index contributed by atoms with van der Waals surface area (Å²) in [5.41, 5.74) is 5.20. The van der Waals surface area contributed by atoms with Crippen molar-refractivity contribution in [2.24, 2.45) is 5.73 Å². The molecule has 7 heavy (non-hydrogen) atoms. The Balaban J connectivity index is 0. The number of thiol groups is 1. The van der Waals surface area contributed by atoms with Gasteiger partial charge in [0.25, 0.3) is 0 Å². The molecule has 0 aliphatic heterocycles. The third kappa shape index (κ3) is 7.24. The van der Waals surface area contributed by atoms with Crippen molar-refractivity contribution in [2.75, 3.05) is 12.5 Å². The van der Waals surface area contributed by atoms with E-state index in [4.69, 9.17) is 5.73 Å². The number of rotatable bonds is 0. The Morgan fingerprint density at radius 3 is 1.71 bits per heavy atom. The van der Waals surface area contributed by atoms with Crippen LogP contribution in [-0.4, -0.2) is 46.4 Å². The summed E-state index contributed by atoms with van der Waals surface area (Å²) in [6.07, 6.45) is 4.08. The normalized spacial score (nSPS) is 9.14. The summed E-state index contributed by atoms with van der Waals surface area (Å²) in [7, 11) is -0.150. The van der Waals surface area contributed by atoms with Gasteiger partial charge in [0.1, 0.15) is 4.32 Å². The molecule has 0 aliphatic carbocycles. The summed E-state index contributed by atoms with van der Waals surface area (Å²) in [5.74, 6) is 0. The van der Waals surface area contributed by atoms with Gasteiger partial charge in [-0.2, -0.15) is 0 Å². The van der Waals surface area contributed by atoms with Gasteiger partial charge in [0, 0.05) is 0 Å². The van der Waals surface area contributed by atoms with Crippen LogP contribution >= 0.6 is 23.1 Å². The molecule has 0 radical (unpaired) electrons. The van der Waals surface area contributed by atoms with Crippen molar-refractivity contribution >= 4 is 57.0 Å². The third-order valence-electron chi connectivity index (χ3n) is 0.441. The Kier molecular flexibility index (Phi) is 8.52. The van der Waals surface area contributed by atoms with Crippen LogP contribution in [0, 0.1) is 0 Å². The van der Waals surface area contributed by atoms with Crippen molar-refractivity contribution in [3.63, 3.8) is 0 Å². The van der Waals surface area contributed by atoms with E-state index in [0.29, 0.717) is 4.32 Å². The summed E-state index contributed by atoms with van der Waals surface area (Å²) in [6.45, 7) is 0. The number of thiocarbonyl (C=S) groups is 1. The van der Waals surface area contributed by atoms with Crippen LogP contribution in [0.15, 0.2) is 0 Å². The zero-order chi connectivity index (χ0) is 5.15. The fraction of sp³-hybridized carbons (Fsp3) is 0.667. The standard InChI is InChI=1S/C3H9NS2.Na.H/c1-6(2)3(4)5;;/h6H,1-2H3,(H2,4,5);;. The van der Waals surface area contributed by atoms with E-state index in [2.05, 4.69) is 12.2 Å². The number of hydrogen-bond acceptors (Lipinski definition) is 1. The van der Waals surface area contributed by atoms with Crippen molar-refractivity contribution < 1.29 is 0 Å². The quantitative estimate of drug-likeness (QED) is 0.283. The minimum absolute atomic E-state index is 0. The first kappa shape index (κ1) is 11.1. The van der Waals surface area contributed by atoms with Crippen molar-refractivity contribution in [1.29, 1.82) is 0 Å². The summed E-state index contributed by atoms with van der Waals surface area (Å²) in [5, 5.41) is 0. The molecule has 4 heteroatoms. The van der Waals surface area contributed by atoms with Crippen LogP contribution in [-0.2, 0) is 0 Å². The van der Waals surface area contributed by atoms with E-state index in [1.54, 1.807) is 0 Å². The van der Waals surface area contributed by atoms with E-state index in [0.717, 1.165) is 0 Å². The van der Waals surface area contributed by atoms with E-state index >= 15 is 0 Å². The van der Waals surface area contributed by atoms with Gasteiger partial charge >= 0.3 is 29.6 Å². The van der Waals surface area contributed by atoms with Gasteiger partial charge < -0.3 is 5.73 Å². The topological polar surface area (TPSA) is 26.0 Å². The Labute approximate surface area is 74.7 Å². The van der Waals surface area contributed by atoms with Gasteiger partial charge in [0.15, 0.2) is 0 Å². The molecule has 0 spiro atoms. The summed E-state index contributed by atoms with van der Waals surface area (Å²) in [6, 6.07) is 0. The predicted molar refractivity (Wildman–Crippen MR) is 44.8 cm³/mol. The van der Waals surface area contributed by atoms with Crippen LogP contribution in [0.4, 0.5) is 0 Å². The first-order valence-corrected chi connectivity index (χ1v) is 4.26. The molecule has 40 valence electrons. The molecule has 0 fully saturated rings.